The van der Waals surface area contributed by atoms with Crippen molar-refractivity contribution in [3.63, 3.8) is 0 Å². The van der Waals surface area contributed by atoms with Crippen LogP contribution in [0, 0.1) is 0 Å². The summed E-state index contributed by atoms with van der Waals surface area (Å²) in [6.45, 7) is 22.3. The Hall–Kier alpha value is -0.516. The predicted octanol–water partition coefficient (Wildman–Crippen LogP) is 7.26. The molecule has 2 saturated heterocycles. The molecule has 2 aliphatic heterocycles. The van der Waals surface area contributed by atoms with Crippen LogP contribution < -0.4 is 0 Å². The van der Waals surface area contributed by atoms with Crippen molar-refractivity contribution in [1.29, 1.82) is 0 Å². The van der Waals surface area contributed by atoms with Crippen molar-refractivity contribution in [2.75, 3.05) is 13.1 Å². The van der Waals surface area contributed by atoms with Crippen molar-refractivity contribution in [2.24, 2.45) is 0 Å². The molecule has 2 fully saturated rings. The summed E-state index contributed by atoms with van der Waals surface area (Å²) in [7, 11) is -7.56. The molecule has 0 radical (unpaired) electrons. The average molecular weight is 568 g/mol. The molecule has 8 heteroatoms. The Bertz CT molecular complexity index is 935. The Labute approximate surface area is 229 Å². The number of hydrogen-bond donors (Lipinski definition) is 0. The van der Waals surface area contributed by atoms with Crippen LogP contribution in [0.1, 0.15) is 75.2 Å². The normalized spacial score (nSPS) is 25.8. The van der Waals surface area contributed by atoms with Crippen LogP contribution in [0.2, 0.25) is 34.8 Å². The zero-order chi connectivity index (χ0) is 27.6. The van der Waals surface area contributed by atoms with Gasteiger partial charge in [-0.3, -0.25) is 4.90 Å². The second-order valence-electron chi connectivity index (χ2n) is 12.4. The molecule has 5 nitrogen and oxygen atoms in total. The fraction of sp³-hybridized carbons (Fsp3) is 0.793. The molecule has 0 aromatic heterocycles. The number of hydrogen-bond acceptors (Lipinski definition) is 5. The summed E-state index contributed by atoms with van der Waals surface area (Å²) in [5.41, 5.74) is 1.40. The van der Waals surface area contributed by atoms with Gasteiger partial charge in [0.2, 0.25) is 8.32 Å². The van der Waals surface area contributed by atoms with Crippen LogP contribution in [0.5, 0.6) is 0 Å². The number of fused-ring (bicyclic) bond motifs is 1. The van der Waals surface area contributed by atoms with E-state index in [-0.39, 0.29) is 18.2 Å². The molecule has 1 aromatic carbocycles. The van der Waals surface area contributed by atoms with E-state index in [1.807, 2.05) is 18.2 Å². The zero-order valence-electron chi connectivity index (χ0n) is 24.9. The predicted molar refractivity (Wildman–Crippen MR) is 160 cm³/mol. The van der Waals surface area contributed by atoms with Gasteiger partial charge in [0.15, 0.2) is 18.2 Å². The summed E-state index contributed by atoms with van der Waals surface area (Å²) in [5.74, 6) is 0. The Morgan fingerprint density at radius 1 is 0.892 bits per heavy atom. The van der Waals surface area contributed by atoms with Crippen molar-refractivity contribution in [3.8, 4) is 0 Å². The van der Waals surface area contributed by atoms with Crippen LogP contribution >= 0.6 is 0 Å². The molecular formula is C29H53NO4SSi2. The molecule has 1 aromatic rings. The largest absolute Gasteiger partial charge is 0.413 e. The minimum absolute atomic E-state index is 0.0349. The number of sulfone groups is 1. The molecule has 0 spiro atoms. The van der Waals surface area contributed by atoms with Crippen LogP contribution in [0.15, 0.2) is 35.2 Å². The maximum atomic E-state index is 14.2. The van der Waals surface area contributed by atoms with Gasteiger partial charge in [0.05, 0.1) is 28.4 Å². The van der Waals surface area contributed by atoms with Crippen LogP contribution in [0.3, 0.4) is 0 Å². The average Bonchev–Trinajstić information content (AvgIpc) is 3.27. The molecule has 3 rings (SSSR count). The van der Waals surface area contributed by atoms with E-state index in [4.69, 9.17) is 8.85 Å². The molecule has 0 bridgehead atoms. The van der Waals surface area contributed by atoms with Gasteiger partial charge in [-0.2, -0.15) is 0 Å². The van der Waals surface area contributed by atoms with E-state index in [1.54, 1.807) is 12.1 Å². The van der Waals surface area contributed by atoms with Crippen LogP contribution in [0.4, 0.5) is 0 Å². The summed E-state index contributed by atoms with van der Waals surface area (Å²) in [6.07, 6.45) is 1.38. The minimum atomic E-state index is -3.54. The van der Waals surface area contributed by atoms with Gasteiger partial charge in [-0.1, -0.05) is 80.5 Å². The first kappa shape index (κ1) is 31.0. The van der Waals surface area contributed by atoms with Crippen LogP contribution in [-0.2, 0) is 18.7 Å². The van der Waals surface area contributed by atoms with Gasteiger partial charge in [0.1, 0.15) is 0 Å². The van der Waals surface area contributed by atoms with Crippen molar-refractivity contribution in [3.05, 3.63) is 30.3 Å². The van der Waals surface area contributed by atoms with E-state index < -0.39 is 31.7 Å². The third-order valence-electron chi connectivity index (χ3n) is 9.70. The highest BCUT2D eigenvalue weighted by atomic mass is 32.2. The lowest BCUT2D eigenvalue weighted by molar-refractivity contribution is 0.0352. The van der Waals surface area contributed by atoms with Gasteiger partial charge < -0.3 is 8.85 Å². The molecule has 4 atom stereocenters. The molecule has 37 heavy (non-hydrogen) atoms. The Kier molecular flexibility index (Phi) is 10.3. The third-order valence-corrected chi connectivity index (χ3v) is 22.7. The minimum Gasteiger partial charge on any atom is -0.413 e. The fourth-order valence-electron chi connectivity index (χ4n) is 7.60. The summed E-state index contributed by atoms with van der Waals surface area (Å²) < 4.78 is 42.8. The van der Waals surface area contributed by atoms with E-state index in [0.717, 1.165) is 37.6 Å². The lowest BCUT2D eigenvalue weighted by atomic mass is 9.98. The van der Waals surface area contributed by atoms with E-state index in [2.05, 4.69) is 67.2 Å². The third kappa shape index (κ3) is 5.99. The summed E-state index contributed by atoms with van der Waals surface area (Å²) in [4.78, 5) is 2.85. The smallest absolute Gasteiger partial charge is 0.200 e. The maximum absolute atomic E-state index is 14.2. The van der Waals surface area contributed by atoms with Crippen LogP contribution in [-0.4, -0.2) is 66.5 Å². The van der Waals surface area contributed by atoms with Crippen molar-refractivity contribution < 1.29 is 17.3 Å². The molecule has 0 amide bonds. The first-order valence-corrected chi connectivity index (χ1v) is 21.0. The SMILES string of the molecule is CC[Si](CC)(CC)O[C@@H]1C[C@H](S(=O)(=O)c2ccccc2)[C@H]2[C@@H](O[Si](C(C)C)(C(C)C)C(C)C)CCN2C1. The highest BCUT2D eigenvalue weighted by Crippen LogP contribution is 2.46. The molecule has 0 aliphatic carbocycles. The van der Waals surface area contributed by atoms with Crippen molar-refractivity contribution >= 4 is 26.5 Å². The highest BCUT2D eigenvalue weighted by molar-refractivity contribution is 7.92. The number of nitrogens with zero attached hydrogens (tertiary/aromatic N) is 1. The van der Waals surface area contributed by atoms with Gasteiger partial charge >= 0.3 is 0 Å². The van der Waals surface area contributed by atoms with Gasteiger partial charge in [0, 0.05) is 13.1 Å². The Balaban J connectivity index is 2.02. The number of benzene rings is 1. The van der Waals surface area contributed by atoms with Crippen molar-refractivity contribution in [2.45, 2.75) is 138 Å². The van der Waals surface area contributed by atoms with Gasteiger partial charge in [0.25, 0.3) is 0 Å². The summed E-state index contributed by atoms with van der Waals surface area (Å²) in [5, 5.41) is -0.517. The second kappa shape index (κ2) is 12.3. The highest BCUT2D eigenvalue weighted by Gasteiger charge is 2.55. The van der Waals surface area contributed by atoms with E-state index in [9.17, 15) is 8.42 Å². The van der Waals surface area contributed by atoms with E-state index >= 15 is 0 Å². The maximum Gasteiger partial charge on any atom is 0.200 e. The van der Waals surface area contributed by atoms with Crippen molar-refractivity contribution in [1.82, 2.24) is 4.90 Å². The monoisotopic (exact) mass is 567 g/mol. The van der Waals surface area contributed by atoms with Gasteiger partial charge in [-0.15, -0.1) is 0 Å². The molecule has 0 unspecified atom stereocenters. The Morgan fingerprint density at radius 2 is 1.43 bits per heavy atom. The number of rotatable bonds is 12. The summed E-state index contributed by atoms with van der Waals surface area (Å²) >= 11 is 0. The van der Waals surface area contributed by atoms with E-state index in [0.29, 0.717) is 27.9 Å². The standard InChI is InChI=1S/C29H53NO4SSi2/c1-10-36(11-2,12-3)33-25-20-28(35(31,32)26-16-14-13-15-17-26)29-27(18-19-30(29)21-25)34-37(22(4)5,23(6)7)24(8)9/h13-17,22-25,27-29H,10-12,18-21H2,1-9H3/t25-,27+,28+,29-/m1/s1. The zero-order valence-corrected chi connectivity index (χ0v) is 27.7. The second-order valence-corrected chi connectivity index (χ2v) is 24.7. The van der Waals surface area contributed by atoms with Crippen LogP contribution in [0.25, 0.3) is 0 Å². The van der Waals surface area contributed by atoms with Gasteiger partial charge in [-0.05, 0) is 59.7 Å². The molecule has 2 aliphatic rings. The molecule has 0 N–H and O–H groups in total. The quantitative estimate of drug-likeness (QED) is 0.249. The lowest BCUT2D eigenvalue weighted by Crippen LogP contribution is -2.61. The Morgan fingerprint density at radius 3 is 1.92 bits per heavy atom. The first-order chi connectivity index (χ1) is 17.4. The lowest BCUT2D eigenvalue weighted by Gasteiger charge is -2.48. The number of piperidine rings is 1. The molecule has 0 saturated carbocycles. The molecular weight excluding hydrogens is 515 g/mol. The topological polar surface area (TPSA) is 55.8 Å². The fourth-order valence-corrected chi connectivity index (χ4v) is 18.1. The van der Waals surface area contributed by atoms with E-state index in [1.165, 1.54) is 0 Å². The molecule has 2 heterocycles. The molecule has 212 valence electrons. The van der Waals surface area contributed by atoms with Gasteiger partial charge in [-0.25, -0.2) is 8.42 Å². The summed E-state index contributed by atoms with van der Waals surface area (Å²) in [6, 6.07) is 12.2. The first-order valence-electron chi connectivity index (χ1n) is 14.8.